The van der Waals surface area contributed by atoms with Crippen LogP contribution in [-0.2, 0) is 15.1 Å². The Labute approximate surface area is 198 Å². The van der Waals surface area contributed by atoms with E-state index in [1.807, 2.05) is 24.3 Å². The van der Waals surface area contributed by atoms with E-state index in [0.29, 0.717) is 18.8 Å². The summed E-state index contributed by atoms with van der Waals surface area (Å²) >= 11 is 0. The zero-order valence-electron chi connectivity index (χ0n) is 19.1. The number of likely N-dealkylation sites (tertiary alicyclic amines) is 1. The summed E-state index contributed by atoms with van der Waals surface area (Å²) in [5.74, 6) is 0.536. The zero-order chi connectivity index (χ0) is 23.7. The second kappa shape index (κ2) is 8.98. The van der Waals surface area contributed by atoms with Crippen molar-refractivity contribution in [2.24, 2.45) is 0 Å². The normalized spacial score (nSPS) is 24.6. The molecule has 9 nitrogen and oxygen atoms in total. The Morgan fingerprint density at radius 1 is 1.09 bits per heavy atom. The molecule has 178 valence electrons. The van der Waals surface area contributed by atoms with E-state index in [0.717, 1.165) is 47.9 Å². The van der Waals surface area contributed by atoms with Crippen molar-refractivity contribution in [1.82, 2.24) is 20.7 Å². The Morgan fingerprint density at radius 3 is 2.65 bits per heavy atom. The molecule has 0 saturated carbocycles. The molecule has 4 amide bonds. The number of hydrogen-bond donors (Lipinski definition) is 2. The second-order valence-corrected chi connectivity index (χ2v) is 8.98. The highest BCUT2D eigenvalue weighted by Gasteiger charge is 2.50. The summed E-state index contributed by atoms with van der Waals surface area (Å²) in [5.41, 5.74) is 2.99. The third-order valence-electron chi connectivity index (χ3n) is 6.65. The van der Waals surface area contributed by atoms with Crippen molar-refractivity contribution in [2.75, 3.05) is 26.3 Å². The highest BCUT2D eigenvalue weighted by molar-refractivity contribution is 6.08. The van der Waals surface area contributed by atoms with Gasteiger partial charge in [0.1, 0.15) is 5.54 Å². The number of benzene rings is 2. The number of nitrogens with zero attached hydrogens (tertiary/aromatic N) is 2. The third kappa shape index (κ3) is 4.07. The summed E-state index contributed by atoms with van der Waals surface area (Å²) in [6, 6.07) is 14.3. The molecule has 0 aliphatic carbocycles. The van der Waals surface area contributed by atoms with E-state index in [1.54, 1.807) is 31.2 Å². The fraction of sp³-hybridized carbons (Fsp3) is 0.400. The van der Waals surface area contributed by atoms with Gasteiger partial charge in [-0.05, 0) is 49.6 Å². The van der Waals surface area contributed by atoms with Gasteiger partial charge >= 0.3 is 6.03 Å². The van der Waals surface area contributed by atoms with Gasteiger partial charge in [0.05, 0.1) is 19.8 Å². The van der Waals surface area contributed by atoms with Gasteiger partial charge in [-0.2, -0.15) is 5.01 Å². The number of carbonyl (C=O) groups excluding carboxylic acids is 3. The predicted octanol–water partition coefficient (Wildman–Crippen LogP) is 2.48. The van der Waals surface area contributed by atoms with Crippen LogP contribution < -0.4 is 20.2 Å². The lowest BCUT2D eigenvalue weighted by Crippen LogP contribution is -2.50. The summed E-state index contributed by atoms with van der Waals surface area (Å²) < 4.78 is 11.5. The highest BCUT2D eigenvalue weighted by atomic mass is 16.5. The molecule has 2 fully saturated rings. The maximum Gasteiger partial charge on any atom is 0.344 e. The van der Waals surface area contributed by atoms with Crippen LogP contribution in [0.4, 0.5) is 4.79 Å². The summed E-state index contributed by atoms with van der Waals surface area (Å²) in [6.45, 7) is 3.69. The summed E-state index contributed by atoms with van der Waals surface area (Å²) in [5, 5.41) is 3.48. The Balaban J connectivity index is 1.26. The molecule has 2 aromatic rings. The first-order valence-electron chi connectivity index (χ1n) is 11.6. The first-order valence-corrected chi connectivity index (χ1v) is 11.6. The number of hydrazine groups is 1. The molecule has 3 heterocycles. The van der Waals surface area contributed by atoms with Crippen molar-refractivity contribution in [3.63, 3.8) is 0 Å². The SMILES string of the molecule is C[C@@]1(c2ccccc2)NC(=O)N(NC(=O)CN2CCC[C@H]2c2ccc3c(c2)OCCCO3)C1=O. The maximum absolute atomic E-state index is 13.0. The molecule has 34 heavy (non-hydrogen) atoms. The molecule has 2 aromatic carbocycles. The predicted molar refractivity (Wildman–Crippen MR) is 123 cm³/mol. The smallest absolute Gasteiger partial charge is 0.344 e. The Hall–Kier alpha value is -3.59. The van der Waals surface area contributed by atoms with Crippen molar-refractivity contribution < 1.29 is 23.9 Å². The Bertz CT molecular complexity index is 1110. The minimum absolute atomic E-state index is 0.0422. The van der Waals surface area contributed by atoms with E-state index in [-0.39, 0.29) is 12.6 Å². The molecule has 3 aliphatic rings. The zero-order valence-corrected chi connectivity index (χ0v) is 19.1. The van der Waals surface area contributed by atoms with Gasteiger partial charge in [-0.1, -0.05) is 36.4 Å². The van der Waals surface area contributed by atoms with E-state index < -0.39 is 23.4 Å². The summed E-state index contributed by atoms with van der Waals surface area (Å²) in [7, 11) is 0. The maximum atomic E-state index is 13.0. The van der Waals surface area contributed by atoms with Crippen LogP contribution in [0.5, 0.6) is 11.5 Å². The van der Waals surface area contributed by atoms with Crippen LogP contribution in [0.1, 0.15) is 43.4 Å². The Morgan fingerprint density at radius 2 is 1.85 bits per heavy atom. The van der Waals surface area contributed by atoms with Crippen molar-refractivity contribution in [3.05, 3.63) is 59.7 Å². The molecule has 0 unspecified atom stereocenters. The van der Waals surface area contributed by atoms with Crippen molar-refractivity contribution in [2.45, 2.75) is 37.8 Å². The number of hydrogen-bond acceptors (Lipinski definition) is 6. The van der Waals surface area contributed by atoms with E-state index in [1.165, 1.54) is 0 Å². The van der Waals surface area contributed by atoms with E-state index in [2.05, 4.69) is 15.6 Å². The molecule has 3 aliphatic heterocycles. The molecule has 2 N–H and O–H groups in total. The molecule has 0 aromatic heterocycles. The average molecular weight is 465 g/mol. The lowest BCUT2D eigenvalue weighted by molar-refractivity contribution is -0.139. The van der Waals surface area contributed by atoms with Gasteiger partial charge < -0.3 is 14.8 Å². The topological polar surface area (TPSA) is 100 Å². The monoisotopic (exact) mass is 464 g/mol. The minimum Gasteiger partial charge on any atom is -0.490 e. The number of nitrogens with one attached hydrogen (secondary N) is 2. The molecule has 9 heteroatoms. The number of imide groups is 1. The number of fused-ring (bicyclic) bond motifs is 1. The second-order valence-electron chi connectivity index (χ2n) is 8.98. The van der Waals surface area contributed by atoms with Crippen molar-refractivity contribution in [1.29, 1.82) is 0 Å². The van der Waals surface area contributed by atoms with Crippen LogP contribution in [0.15, 0.2) is 48.5 Å². The molecule has 0 radical (unpaired) electrons. The summed E-state index contributed by atoms with van der Waals surface area (Å²) in [6.07, 6.45) is 2.69. The molecule has 0 spiro atoms. The number of rotatable bonds is 5. The minimum atomic E-state index is -1.23. The standard InChI is InChI=1S/C25H28N4O5/c1-25(18-7-3-2-4-8-18)23(31)29(24(32)26-25)27-22(30)16-28-12-5-9-19(28)17-10-11-20-21(15-17)34-14-6-13-33-20/h2-4,7-8,10-11,15,19H,5-6,9,12-14,16H2,1H3,(H,26,32)(H,27,30)/t19-,25-/m0/s1. The number of carbonyl (C=O) groups is 3. The Kier molecular flexibility index (Phi) is 5.87. The third-order valence-corrected chi connectivity index (χ3v) is 6.65. The van der Waals surface area contributed by atoms with Gasteiger partial charge in [0.2, 0.25) is 0 Å². The van der Waals surface area contributed by atoms with Gasteiger partial charge in [0.15, 0.2) is 11.5 Å². The fourth-order valence-corrected chi connectivity index (χ4v) is 4.83. The number of amides is 4. The number of urea groups is 1. The van der Waals surface area contributed by atoms with E-state index >= 15 is 0 Å². The average Bonchev–Trinajstić information content (AvgIpc) is 3.27. The van der Waals surface area contributed by atoms with E-state index in [9.17, 15) is 14.4 Å². The van der Waals surface area contributed by atoms with E-state index in [4.69, 9.17) is 9.47 Å². The first-order chi connectivity index (χ1) is 16.5. The van der Waals surface area contributed by atoms with Crippen LogP contribution in [0.3, 0.4) is 0 Å². The van der Waals surface area contributed by atoms with Gasteiger partial charge in [-0.25, -0.2) is 4.79 Å². The van der Waals surface area contributed by atoms with Crippen LogP contribution in [0, 0.1) is 0 Å². The molecule has 2 atom stereocenters. The van der Waals surface area contributed by atoms with Gasteiger partial charge in [0.25, 0.3) is 11.8 Å². The lowest BCUT2D eigenvalue weighted by Gasteiger charge is -2.26. The van der Waals surface area contributed by atoms with Crippen LogP contribution in [0.25, 0.3) is 0 Å². The van der Waals surface area contributed by atoms with Gasteiger partial charge in [-0.15, -0.1) is 0 Å². The van der Waals surface area contributed by atoms with Crippen LogP contribution in [-0.4, -0.2) is 54.1 Å². The quantitative estimate of drug-likeness (QED) is 0.660. The molecular weight excluding hydrogens is 436 g/mol. The number of ether oxygens (including phenoxy) is 2. The first kappa shape index (κ1) is 22.2. The fourth-order valence-electron chi connectivity index (χ4n) is 4.83. The van der Waals surface area contributed by atoms with Crippen LogP contribution in [0.2, 0.25) is 0 Å². The molecule has 2 saturated heterocycles. The van der Waals surface area contributed by atoms with Gasteiger partial charge in [0, 0.05) is 12.5 Å². The molecular formula is C25H28N4O5. The summed E-state index contributed by atoms with van der Waals surface area (Å²) in [4.78, 5) is 40.5. The van der Waals surface area contributed by atoms with Gasteiger partial charge in [-0.3, -0.25) is 19.9 Å². The van der Waals surface area contributed by atoms with Crippen molar-refractivity contribution in [3.8, 4) is 11.5 Å². The largest absolute Gasteiger partial charge is 0.490 e. The molecule has 0 bridgehead atoms. The van der Waals surface area contributed by atoms with Crippen molar-refractivity contribution >= 4 is 17.8 Å². The van der Waals surface area contributed by atoms with Crippen LogP contribution >= 0.6 is 0 Å². The lowest BCUT2D eigenvalue weighted by atomic mass is 9.92. The molecule has 5 rings (SSSR count). The highest BCUT2D eigenvalue weighted by Crippen LogP contribution is 2.37.